The van der Waals surface area contributed by atoms with Crippen LogP contribution in [0.25, 0.3) is 0 Å². The topological polar surface area (TPSA) is 93.5 Å². The molecule has 0 aliphatic heterocycles. The van der Waals surface area contributed by atoms with E-state index in [0.717, 1.165) is 6.42 Å². The lowest BCUT2D eigenvalue weighted by atomic mass is 10.1. The summed E-state index contributed by atoms with van der Waals surface area (Å²) in [7, 11) is 0. The molecule has 0 aliphatic rings. The molecule has 11 heavy (non-hydrogen) atoms. The van der Waals surface area contributed by atoms with Crippen LogP contribution in [0.4, 0.5) is 0 Å². The number of nitrogens with one attached hydrogen (secondary N) is 1. The van der Waals surface area contributed by atoms with Crippen molar-refractivity contribution in [3.63, 3.8) is 0 Å². The number of nitrogens with zero attached hydrogens (tertiary/aromatic N) is 1. The van der Waals surface area contributed by atoms with Gasteiger partial charge in [0.15, 0.2) is 0 Å². The van der Waals surface area contributed by atoms with Crippen molar-refractivity contribution in [3.05, 3.63) is 0 Å². The lowest BCUT2D eigenvalue weighted by Gasteiger charge is -2.04. The predicted octanol–water partition coefficient (Wildman–Crippen LogP) is -0.663. The molecular formula is C6H14N4O. The van der Waals surface area contributed by atoms with Gasteiger partial charge < -0.3 is 11.5 Å². The molecule has 0 saturated carbocycles. The molecule has 0 fully saturated rings. The molecule has 0 aromatic rings. The Balaban J connectivity index is 3.79. The molecule has 0 rings (SSSR count). The number of hydrogen-bond donors (Lipinski definition) is 3. The Labute approximate surface area is 65.8 Å². The van der Waals surface area contributed by atoms with E-state index in [0.29, 0.717) is 0 Å². The minimum atomic E-state index is -0.166. The maximum atomic E-state index is 10.9. The minimum Gasteiger partial charge on any atom is -0.369 e. The fourth-order valence-corrected chi connectivity index (χ4v) is 0.415. The van der Waals surface area contributed by atoms with Crippen LogP contribution in [0.3, 0.4) is 0 Å². The highest BCUT2D eigenvalue weighted by Gasteiger charge is 2.08. The van der Waals surface area contributed by atoms with Gasteiger partial charge in [0.1, 0.15) is 0 Å². The van der Waals surface area contributed by atoms with Crippen molar-refractivity contribution < 1.29 is 4.79 Å². The normalized spacial score (nSPS) is 11.8. The first kappa shape index (κ1) is 9.74. The van der Waals surface area contributed by atoms with Crippen LogP contribution in [0.5, 0.6) is 0 Å². The van der Waals surface area contributed by atoms with Gasteiger partial charge in [-0.3, -0.25) is 4.79 Å². The standard InChI is InChI=1S/C6H14N4O/c1-3-4(2)5(11)9-10-6(7)8/h4H,3H2,1-2H3,(H,9,11)(H4,7,8,10). The molecule has 1 unspecified atom stereocenters. The number of carbonyl (C=O) groups excluding carboxylic acids is 1. The van der Waals surface area contributed by atoms with Crippen molar-refractivity contribution in [2.75, 3.05) is 0 Å². The average Bonchev–Trinajstić information content (AvgIpc) is 1.98. The van der Waals surface area contributed by atoms with Crippen LogP contribution in [0.15, 0.2) is 5.10 Å². The third kappa shape index (κ3) is 4.19. The highest BCUT2D eigenvalue weighted by Crippen LogP contribution is 1.98. The van der Waals surface area contributed by atoms with Crippen LogP contribution in [0.1, 0.15) is 20.3 Å². The molecule has 1 amide bonds. The van der Waals surface area contributed by atoms with Crippen LogP contribution in [-0.4, -0.2) is 11.9 Å². The van der Waals surface area contributed by atoms with Gasteiger partial charge in [-0.25, -0.2) is 5.43 Å². The van der Waals surface area contributed by atoms with E-state index in [1.165, 1.54) is 0 Å². The van der Waals surface area contributed by atoms with Crippen LogP contribution in [0, 0.1) is 5.92 Å². The monoisotopic (exact) mass is 158 g/mol. The highest BCUT2D eigenvalue weighted by atomic mass is 16.2. The van der Waals surface area contributed by atoms with Gasteiger partial charge in [-0.1, -0.05) is 13.8 Å². The first-order chi connectivity index (χ1) is 5.07. The van der Waals surface area contributed by atoms with Crippen molar-refractivity contribution in [1.29, 1.82) is 0 Å². The Kier molecular flexibility index (Phi) is 4.02. The van der Waals surface area contributed by atoms with Crippen LogP contribution in [-0.2, 0) is 4.79 Å². The lowest BCUT2D eigenvalue weighted by Crippen LogP contribution is -2.31. The number of hydrogen-bond acceptors (Lipinski definition) is 2. The third-order valence-corrected chi connectivity index (χ3v) is 1.36. The Morgan fingerprint density at radius 1 is 1.64 bits per heavy atom. The van der Waals surface area contributed by atoms with E-state index < -0.39 is 0 Å². The quantitative estimate of drug-likeness (QED) is 0.289. The summed E-state index contributed by atoms with van der Waals surface area (Å²) in [4.78, 5) is 10.9. The zero-order chi connectivity index (χ0) is 8.85. The van der Waals surface area contributed by atoms with Crippen LogP contribution >= 0.6 is 0 Å². The predicted molar refractivity (Wildman–Crippen MR) is 43.4 cm³/mol. The molecule has 64 valence electrons. The van der Waals surface area contributed by atoms with Crippen molar-refractivity contribution >= 4 is 11.9 Å². The molecular weight excluding hydrogens is 144 g/mol. The highest BCUT2D eigenvalue weighted by molar-refractivity contribution is 5.81. The van der Waals surface area contributed by atoms with E-state index in [4.69, 9.17) is 11.5 Å². The summed E-state index contributed by atoms with van der Waals surface area (Å²) >= 11 is 0. The van der Waals surface area contributed by atoms with Gasteiger partial charge in [-0.05, 0) is 6.42 Å². The van der Waals surface area contributed by atoms with Gasteiger partial charge in [0.2, 0.25) is 11.9 Å². The Morgan fingerprint density at radius 3 is 2.55 bits per heavy atom. The second kappa shape index (κ2) is 4.54. The summed E-state index contributed by atoms with van der Waals surface area (Å²) in [6, 6.07) is 0. The molecule has 0 spiro atoms. The van der Waals surface area contributed by atoms with E-state index >= 15 is 0 Å². The van der Waals surface area contributed by atoms with Crippen molar-refractivity contribution in [2.24, 2.45) is 22.5 Å². The SMILES string of the molecule is CCC(C)C(=O)NN=C(N)N. The van der Waals surface area contributed by atoms with Gasteiger partial charge >= 0.3 is 0 Å². The van der Waals surface area contributed by atoms with Crippen molar-refractivity contribution in [1.82, 2.24) is 5.43 Å². The summed E-state index contributed by atoms with van der Waals surface area (Å²) in [6.45, 7) is 3.72. The molecule has 0 radical (unpaired) electrons. The number of hydrazone groups is 1. The smallest absolute Gasteiger partial charge is 0.242 e. The van der Waals surface area contributed by atoms with Gasteiger partial charge in [0.05, 0.1) is 0 Å². The van der Waals surface area contributed by atoms with E-state index in [1.807, 2.05) is 6.92 Å². The molecule has 5 nitrogen and oxygen atoms in total. The third-order valence-electron chi connectivity index (χ3n) is 1.36. The number of amides is 1. The Morgan fingerprint density at radius 2 is 2.18 bits per heavy atom. The molecule has 1 atom stereocenters. The van der Waals surface area contributed by atoms with E-state index in [2.05, 4.69) is 10.5 Å². The molecule has 0 saturated heterocycles. The summed E-state index contributed by atoms with van der Waals surface area (Å²) < 4.78 is 0. The average molecular weight is 158 g/mol. The molecule has 0 aromatic heterocycles. The zero-order valence-electron chi connectivity index (χ0n) is 6.79. The molecule has 5 heteroatoms. The fourth-order valence-electron chi connectivity index (χ4n) is 0.415. The molecule has 0 aromatic carbocycles. The summed E-state index contributed by atoms with van der Waals surface area (Å²) in [5.74, 6) is -0.361. The van der Waals surface area contributed by atoms with E-state index in [-0.39, 0.29) is 17.8 Å². The second-order valence-corrected chi connectivity index (χ2v) is 2.32. The molecule has 0 bridgehead atoms. The van der Waals surface area contributed by atoms with Gasteiger partial charge in [0.25, 0.3) is 0 Å². The zero-order valence-corrected chi connectivity index (χ0v) is 6.79. The largest absolute Gasteiger partial charge is 0.369 e. The van der Waals surface area contributed by atoms with Gasteiger partial charge in [-0.15, -0.1) is 5.10 Å². The molecule has 0 aliphatic carbocycles. The number of carbonyl (C=O) groups is 1. The van der Waals surface area contributed by atoms with E-state index in [1.54, 1.807) is 6.92 Å². The maximum Gasteiger partial charge on any atom is 0.242 e. The van der Waals surface area contributed by atoms with Crippen molar-refractivity contribution in [2.45, 2.75) is 20.3 Å². The van der Waals surface area contributed by atoms with Gasteiger partial charge in [-0.2, -0.15) is 0 Å². The second-order valence-electron chi connectivity index (χ2n) is 2.32. The lowest BCUT2D eigenvalue weighted by molar-refractivity contribution is -0.124. The number of rotatable bonds is 3. The Bertz CT molecular complexity index is 162. The fraction of sp³-hybridized carbons (Fsp3) is 0.667. The first-order valence-corrected chi connectivity index (χ1v) is 3.46. The minimum absolute atomic E-state index is 0.0573. The van der Waals surface area contributed by atoms with Crippen LogP contribution < -0.4 is 16.9 Å². The van der Waals surface area contributed by atoms with Gasteiger partial charge in [0, 0.05) is 5.92 Å². The first-order valence-electron chi connectivity index (χ1n) is 3.46. The van der Waals surface area contributed by atoms with E-state index in [9.17, 15) is 4.79 Å². The summed E-state index contributed by atoms with van der Waals surface area (Å²) in [5.41, 5.74) is 12.2. The molecule has 0 heterocycles. The Hall–Kier alpha value is -1.26. The summed E-state index contributed by atoms with van der Waals surface area (Å²) in [6.07, 6.45) is 0.770. The number of nitrogens with two attached hydrogens (primary N) is 2. The summed E-state index contributed by atoms with van der Waals surface area (Å²) in [5, 5.41) is 3.37. The maximum absolute atomic E-state index is 10.9. The molecule has 5 N–H and O–H groups in total. The number of guanidine groups is 1. The van der Waals surface area contributed by atoms with Crippen LogP contribution in [0.2, 0.25) is 0 Å². The van der Waals surface area contributed by atoms with Crippen molar-refractivity contribution in [3.8, 4) is 0 Å².